The molecular formula is C12H18N2O4. The summed E-state index contributed by atoms with van der Waals surface area (Å²) in [6, 6.07) is 3.23. The molecule has 1 amide bonds. The highest BCUT2D eigenvalue weighted by Gasteiger charge is 2.13. The van der Waals surface area contributed by atoms with E-state index in [1.54, 1.807) is 18.3 Å². The zero-order valence-corrected chi connectivity index (χ0v) is 10.5. The molecule has 0 saturated carbocycles. The maximum Gasteiger partial charge on any atom is 0.323 e. The number of carboxylic acids is 1. The molecule has 1 atom stereocenters. The third kappa shape index (κ3) is 4.21. The number of carbonyl (C=O) groups is 2. The first-order valence-corrected chi connectivity index (χ1v) is 5.81. The van der Waals surface area contributed by atoms with Gasteiger partial charge in [0.15, 0.2) is 0 Å². The largest absolute Gasteiger partial charge is 0.480 e. The van der Waals surface area contributed by atoms with Gasteiger partial charge >= 0.3 is 5.97 Å². The standard InChI is InChI=1S/C12H18N2O4/c1-3-18-9(2)7-13-12(17)10-5-4-6-14(10)8-11(15)16/h4-6,9H,3,7-8H2,1-2H3,(H,13,17)(H,15,16). The highest BCUT2D eigenvalue weighted by Crippen LogP contribution is 2.02. The molecule has 0 aromatic carbocycles. The molecule has 1 heterocycles. The van der Waals surface area contributed by atoms with E-state index < -0.39 is 5.97 Å². The van der Waals surface area contributed by atoms with E-state index in [2.05, 4.69) is 5.32 Å². The van der Waals surface area contributed by atoms with E-state index in [-0.39, 0.29) is 18.6 Å². The summed E-state index contributed by atoms with van der Waals surface area (Å²) in [4.78, 5) is 22.5. The molecular weight excluding hydrogens is 236 g/mol. The van der Waals surface area contributed by atoms with Crippen LogP contribution in [0.3, 0.4) is 0 Å². The fourth-order valence-electron chi connectivity index (χ4n) is 1.57. The van der Waals surface area contributed by atoms with Crippen molar-refractivity contribution in [1.82, 2.24) is 9.88 Å². The predicted molar refractivity (Wildman–Crippen MR) is 65.5 cm³/mol. The van der Waals surface area contributed by atoms with Gasteiger partial charge in [0.25, 0.3) is 5.91 Å². The highest BCUT2D eigenvalue weighted by molar-refractivity contribution is 5.93. The number of amides is 1. The molecule has 18 heavy (non-hydrogen) atoms. The number of ether oxygens (including phenoxy) is 1. The zero-order chi connectivity index (χ0) is 13.5. The van der Waals surface area contributed by atoms with Gasteiger partial charge in [-0.1, -0.05) is 0 Å². The lowest BCUT2D eigenvalue weighted by Gasteiger charge is -2.13. The highest BCUT2D eigenvalue weighted by atomic mass is 16.5. The number of hydrogen-bond acceptors (Lipinski definition) is 3. The smallest absolute Gasteiger partial charge is 0.323 e. The maximum absolute atomic E-state index is 11.8. The predicted octanol–water partition coefficient (Wildman–Crippen LogP) is 0.728. The van der Waals surface area contributed by atoms with Gasteiger partial charge in [-0.05, 0) is 26.0 Å². The Hall–Kier alpha value is -1.82. The van der Waals surface area contributed by atoms with Gasteiger partial charge in [0.2, 0.25) is 0 Å². The number of rotatable bonds is 7. The van der Waals surface area contributed by atoms with E-state index in [1.165, 1.54) is 4.57 Å². The van der Waals surface area contributed by atoms with Gasteiger partial charge in [-0.15, -0.1) is 0 Å². The molecule has 2 N–H and O–H groups in total. The number of aromatic nitrogens is 1. The van der Waals surface area contributed by atoms with Crippen molar-refractivity contribution in [2.75, 3.05) is 13.2 Å². The van der Waals surface area contributed by atoms with Gasteiger partial charge in [0, 0.05) is 19.3 Å². The van der Waals surface area contributed by atoms with Gasteiger partial charge in [0.05, 0.1) is 6.10 Å². The Kier molecular flexibility index (Phi) is 5.38. The van der Waals surface area contributed by atoms with Crippen LogP contribution in [0.5, 0.6) is 0 Å². The van der Waals surface area contributed by atoms with E-state index in [9.17, 15) is 9.59 Å². The molecule has 0 saturated heterocycles. The summed E-state index contributed by atoms with van der Waals surface area (Å²) in [5.74, 6) is -1.28. The SMILES string of the molecule is CCOC(C)CNC(=O)c1cccn1CC(=O)O. The lowest BCUT2D eigenvalue weighted by molar-refractivity contribution is -0.137. The van der Waals surface area contributed by atoms with Crippen LogP contribution in [0.15, 0.2) is 18.3 Å². The monoisotopic (exact) mass is 254 g/mol. The van der Waals surface area contributed by atoms with Crippen LogP contribution < -0.4 is 5.32 Å². The summed E-state index contributed by atoms with van der Waals surface area (Å²) in [5.41, 5.74) is 0.334. The third-order valence-corrected chi connectivity index (χ3v) is 2.37. The van der Waals surface area contributed by atoms with Gasteiger partial charge in [-0.3, -0.25) is 9.59 Å². The average molecular weight is 254 g/mol. The minimum Gasteiger partial charge on any atom is -0.480 e. The summed E-state index contributed by atoms with van der Waals surface area (Å²) in [6.07, 6.45) is 1.50. The van der Waals surface area contributed by atoms with Crippen molar-refractivity contribution in [2.45, 2.75) is 26.5 Å². The molecule has 0 fully saturated rings. The number of nitrogens with one attached hydrogen (secondary N) is 1. The molecule has 1 aromatic rings. The molecule has 6 nitrogen and oxygen atoms in total. The van der Waals surface area contributed by atoms with Crippen LogP contribution in [-0.2, 0) is 16.1 Å². The van der Waals surface area contributed by atoms with E-state index in [0.29, 0.717) is 18.8 Å². The molecule has 6 heteroatoms. The van der Waals surface area contributed by atoms with Crippen LogP contribution in [0.2, 0.25) is 0 Å². The summed E-state index contributed by atoms with van der Waals surface area (Å²) in [5, 5.41) is 11.4. The third-order valence-electron chi connectivity index (χ3n) is 2.37. The summed E-state index contributed by atoms with van der Waals surface area (Å²) in [6.45, 7) is 4.50. The first kappa shape index (κ1) is 14.2. The number of carboxylic acid groups (broad SMARTS) is 1. The van der Waals surface area contributed by atoms with Crippen molar-refractivity contribution in [2.24, 2.45) is 0 Å². The Bertz CT molecular complexity index is 414. The second-order valence-corrected chi connectivity index (χ2v) is 3.89. The van der Waals surface area contributed by atoms with Crippen LogP contribution in [0, 0.1) is 0 Å². The molecule has 0 radical (unpaired) electrons. The topological polar surface area (TPSA) is 80.6 Å². The number of hydrogen-bond donors (Lipinski definition) is 2. The van der Waals surface area contributed by atoms with E-state index >= 15 is 0 Å². The van der Waals surface area contributed by atoms with Crippen LogP contribution in [0.1, 0.15) is 24.3 Å². The van der Waals surface area contributed by atoms with Crippen molar-refractivity contribution < 1.29 is 19.4 Å². The number of carbonyl (C=O) groups excluding carboxylic acids is 1. The quantitative estimate of drug-likeness (QED) is 0.751. The molecule has 1 unspecified atom stereocenters. The molecule has 0 aliphatic heterocycles. The van der Waals surface area contributed by atoms with Crippen molar-refractivity contribution in [3.8, 4) is 0 Å². The van der Waals surface area contributed by atoms with Gasteiger partial charge < -0.3 is 19.7 Å². The fourth-order valence-corrected chi connectivity index (χ4v) is 1.57. The Morgan fingerprint density at radius 2 is 2.28 bits per heavy atom. The van der Waals surface area contributed by atoms with Gasteiger partial charge in [-0.2, -0.15) is 0 Å². The first-order chi connectivity index (χ1) is 8.54. The van der Waals surface area contributed by atoms with Crippen LogP contribution in [0.25, 0.3) is 0 Å². The fraction of sp³-hybridized carbons (Fsp3) is 0.500. The summed E-state index contributed by atoms with van der Waals surface area (Å²) in [7, 11) is 0. The molecule has 0 bridgehead atoms. The minimum atomic E-state index is -0.983. The molecule has 0 aliphatic carbocycles. The van der Waals surface area contributed by atoms with Crippen LogP contribution >= 0.6 is 0 Å². The Morgan fingerprint density at radius 3 is 2.89 bits per heavy atom. The normalized spacial score (nSPS) is 12.1. The first-order valence-electron chi connectivity index (χ1n) is 5.81. The average Bonchev–Trinajstić information content (AvgIpc) is 2.73. The van der Waals surface area contributed by atoms with E-state index in [0.717, 1.165) is 0 Å². The van der Waals surface area contributed by atoms with Crippen molar-refractivity contribution in [1.29, 1.82) is 0 Å². The summed E-state index contributed by atoms with van der Waals surface area (Å²) < 4.78 is 6.68. The zero-order valence-electron chi connectivity index (χ0n) is 10.5. The number of nitrogens with zero attached hydrogens (tertiary/aromatic N) is 1. The Labute approximate surface area is 106 Å². The molecule has 1 rings (SSSR count). The lowest BCUT2D eigenvalue weighted by Crippen LogP contribution is -2.33. The number of aliphatic carboxylic acids is 1. The van der Waals surface area contributed by atoms with Gasteiger partial charge in [0.1, 0.15) is 12.2 Å². The Balaban J connectivity index is 2.56. The minimum absolute atomic E-state index is 0.0677. The molecule has 0 aliphatic rings. The van der Waals surface area contributed by atoms with E-state index in [1.807, 2.05) is 13.8 Å². The maximum atomic E-state index is 11.8. The molecule has 1 aromatic heterocycles. The molecule has 0 spiro atoms. The second-order valence-electron chi connectivity index (χ2n) is 3.89. The van der Waals surface area contributed by atoms with Crippen molar-refractivity contribution in [3.63, 3.8) is 0 Å². The van der Waals surface area contributed by atoms with Crippen molar-refractivity contribution in [3.05, 3.63) is 24.0 Å². The summed E-state index contributed by atoms with van der Waals surface area (Å²) >= 11 is 0. The van der Waals surface area contributed by atoms with E-state index in [4.69, 9.17) is 9.84 Å². The van der Waals surface area contributed by atoms with Gasteiger partial charge in [-0.25, -0.2) is 0 Å². The Morgan fingerprint density at radius 1 is 1.56 bits per heavy atom. The van der Waals surface area contributed by atoms with Crippen LogP contribution in [0.4, 0.5) is 0 Å². The van der Waals surface area contributed by atoms with Crippen molar-refractivity contribution >= 4 is 11.9 Å². The molecule has 100 valence electrons. The lowest BCUT2D eigenvalue weighted by atomic mass is 10.3. The second kappa shape index (κ2) is 6.80. The van der Waals surface area contributed by atoms with Crippen LogP contribution in [-0.4, -0.2) is 40.8 Å².